The summed E-state index contributed by atoms with van der Waals surface area (Å²) in [6.45, 7) is 2.22. The number of anilines is 2. The summed E-state index contributed by atoms with van der Waals surface area (Å²) >= 11 is 0. The maximum absolute atomic E-state index is 11.3. The van der Waals surface area contributed by atoms with Crippen molar-refractivity contribution in [3.63, 3.8) is 0 Å². The molecule has 1 aliphatic carbocycles. The largest absolute Gasteiger partial charge is 0.382 e. The van der Waals surface area contributed by atoms with Crippen LogP contribution in [0, 0.1) is 16.0 Å². The second kappa shape index (κ2) is 6.59. The average Bonchev–Trinajstić information content (AvgIpc) is 2.46. The highest BCUT2D eigenvalue weighted by Gasteiger charge is 2.24. The van der Waals surface area contributed by atoms with E-state index in [1.807, 2.05) is 6.07 Å². The fourth-order valence-electron chi connectivity index (χ4n) is 3.07. The van der Waals surface area contributed by atoms with E-state index in [4.69, 9.17) is 0 Å². The number of benzene rings is 1. The highest BCUT2D eigenvalue weighted by Crippen LogP contribution is 2.35. The molecule has 2 unspecified atom stereocenters. The van der Waals surface area contributed by atoms with Crippen LogP contribution in [0.1, 0.15) is 39.0 Å². The van der Waals surface area contributed by atoms with Crippen LogP contribution in [0.4, 0.5) is 17.1 Å². The van der Waals surface area contributed by atoms with Crippen LogP contribution >= 0.6 is 0 Å². The Morgan fingerprint density at radius 2 is 2.10 bits per heavy atom. The van der Waals surface area contributed by atoms with Gasteiger partial charge in [-0.05, 0) is 30.9 Å². The van der Waals surface area contributed by atoms with Crippen molar-refractivity contribution in [1.82, 2.24) is 0 Å². The van der Waals surface area contributed by atoms with Crippen LogP contribution in [0.5, 0.6) is 0 Å². The van der Waals surface area contributed by atoms with Gasteiger partial charge in [0.2, 0.25) is 0 Å². The number of nitrogens with zero attached hydrogens (tertiary/aromatic N) is 1. The van der Waals surface area contributed by atoms with Gasteiger partial charge in [0.1, 0.15) is 11.4 Å². The van der Waals surface area contributed by atoms with Crippen molar-refractivity contribution >= 4 is 17.1 Å². The molecule has 0 saturated heterocycles. The second-order valence-electron chi connectivity index (χ2n) is 5.49. The third kappa shape index (κ3) is 3.21. The first-order chi connectivity index (χ1) is 9.65. The topological polar surface area (TPSA) is 67.2 Å². The highest BCUT2D eigenvalue weighted by molar-refractivity contribution is 5.76. The molecule has 0 bridgehead atoms. The molecule has 0 amide bonds. The van der Waals surface area contributed by atoms with Crippen LogP contribution < -0.4 is 10.6 Å². The molecule has 0 spiro atoms. The third-order valence-electron chi connectivity index (χ3n) is 4.21. The molecule has 1 aliphatic rings. The van der Waals surface area contributed by atoms with Gasteiger partial charge in [-0.15, -0.1) is 0 Å². The third-order valence-corrected chi connectivity index (χ3v) is 4.21. The molecule has 1 fully saturated rings. The van der Waals surface area contributed by atoms with Crippen molar-refractivity contribution < 1.29 is 4.92 Å². The van der Waals surface area contributed by atoms with Gasteiger partial charge in [-0.3, -0.25) is 10.1 Å². The van der Waals surface area contributed by atoms with Gasteiger partial charge < -0.3 is 10.6 Å². The summed E-state index contributed by atoms with van der Waals surface area (Å²) in [5, 5.41) is 17.6. The molecule has 110 valence electrons. The van der Waals surface area contributed by atoms with E-state index < -0.39 is 0 Å². The minimum Gasteiger partial charge on any atom is -0.382 e. The Labute approximate surface area is 119 Å². The van der Waals surface area contributed by atoms with Crippen LogP contribution in [-0.2, 0) is 0 Å². The van der Waals surface area contributed by atoms with Crippen LogP contribution in [0.3, 0.4) is 0 Å². The molecule has 5 heteroatoms. The van der Waals surface area contributed by atoms with Crippen molar-refractivity contribution in [2.24, 2.45) is 5.92 Å². The summed E-state index contributed by atoms with van der Waals surface area (Å²) in [5.74, 6) is 0.743. The monoisotopic (exact) mass is 277 g/mol. The maximum Gasteiger partial charge on any atom is 0.315 e. The maximum atomic E-state index is 11.3. The molecule has 1 aromatic rings. The zero-order valence-electron chi connectivity index (χ0n) is 12.2. The average molecular weight is 277 g/mol. The smallest absolute Gasteiger partial charge is 0.315 e. The highest BCUT2D eigenvalue weighted by atomic mass is 16.6. The lowest BCUT2D eigenvalue weighted by molar-refractivity contribution is -0.383. The Hall–Kier alpha value is -1.78. The van der Waals surface area contributed by atoms with Gasteiger partial charge in [0, 0.05) is 13.1 Å². The van der Waals surface area contributed by atoms with Crippen molar-refractivity contribution in [2.75, 3.05) is 17.7 Å². The molecule has 1 aromatic carbocycles. The summed E-state index contributed by atoms with van der Waals surface area (Å²) in [7, 11) is 1.71. The van der Waals surface area contributed by atoms with Crippen LogP contribution in [0.2, 0.25) is 0 Å². The van der Waals surface area contributed by atoms with E-state index in [-0.39, 0.29) is 10.6 Å². The van der Waals surface area contributed by atoms with Crippen LogP contribution in [0.25, 0.3) is 0 Å². The quantitative estimate of drug-likeness (QED) is 0.630. The molecule has 5 nitrogen and oxygen atoms in total. The molecule has 0 aromatic heterocycles. The predicted octanol–water partition coefficient (Wildman–Crippen LogP) is 4.02. The van der Waals surface area contributed by atoms with Crippen LogP contribution in [0.15, 0.2) is 18.2 Å². The number of para-hydroxylation sites is 1. The zero-order chi connectivity index (χ0) is 14.5. The summed E-state index contributed by atoms with van der Waals surface area (Å²) in [5.41, 5.74) is 1.33. The molecule has 2 atom stereocenters. The number of hydrogen-bond acceptors (Lipinski definition) is 4. The number of nitro groups is 1. The predicted molar refractivity (Wildman–Crippen MR) is 82.3 cm³/mol. The molecular weight excluding hydrogens is 254 g/mol. The van der Waals surface area contributed by atoms with E-state index >= 15 is 0 Å². The van der Waals surface area contributed by atoms with Crippen molar-refractivity contribution in [1.29, 1.82) is 0 Å². The standard InChI is InChI=1S/C15H23N3O2/c1-3-11-6-4-7-12(10-11)17-14-9-5-8-13(16-2)15(14)18(19)20/h5,8-9,11-12,16-17H,3-4,6-7,10H2,1-2H3. The Balaban J connectivity index is 2.18. The minimum atomic E-state index is -0.311. The molecule has 0 radical (unpaired) electrons. The first-order valence-electron chi connectivity index (χ1n) is 7.37. The Morgan fingerprint density at radius 3 is 2.75 bits per heavy atom. The van der Waals surface area contributed by atoms with Crippen molar-refractivity contribution in [3.05, 3.63) is 28.3 Å². The minimum absolute atomic E-state index is 0.147. The Morgan fingerprint density at radius 1 is 1.35 bits per heavy atom. The summed E-state index contributed by atoms with van der Waals surface area (Å²) in [6, 6.07) is 5.73. The van der Waals surface area contributed by atoms with Crippen LogP contribution in [-0.4, -0.2) is 18.0 Å². The van der Waals surface area contributed by atoms with Gasteiger partial charge in [-0.1, -0.05) is 32.3 Å². The first kappa shape index (κ1) is 14.6. The molecule has 2 rings (SSSR count). The van der Waals surface area contributed by atoms with Gasteiger partial charge in [-0.2, -0.15) is 0 Å². The van der Waals surface area contributed by atoms with Gasteiger partial charge in [0.25, 0.3) is 0 Å². The molecular formula is C15H23N3O2. The lowest BCUT2D eigenvalue weighted by Crippen LogP contribution is -2.27. The first-order valence-corrected chi connectivity index (χ1v) is 7.37. The zero-order valence-corrected chi connectivity index (χ0v) is 12.2. The van der Waals surface area contributed by atoms with Gasteiger partial charge in [0.05, 0.1) is 4.92 Å². The summed E-state index contributed by atoms with van der Waals surface area (Å²) in [4.78, 5) is 11.0. The van der Waals surface area contributed by atoms with Gasteiger partial charge in [0.15, 0.2) is 0 Å². The van der Waals surface area contributed by atoms with Crippen molar-refractivity contribution in [3.8, 4) is 0 Å². The lowest BCUT2D eigenvalue weighted by atomic mass is 9.84. The van der Waals surface area contributed by atoms with Crippen molar-refractivity contribution in [2.45, 2.75) is 45.1 Å². The Kier molecular flexibility index (Phi) is 4.82. The Bertz CT molecular complexity index is 476. The normalized spacial score (nSPS) is 22.3. The van der Waals surface area contributed by atoms with Gasteiger partial charge in [-0.25, -0.2) is 0 Å². The lowest BCUT2D eigenvalue weighted by Gasteiger charge is -2.29. The van der Waals surface area contributed by atoms with Gasteiger partial charge >= 0.3 is 5.69 Å². The van der Waals surface area contributed by atoms with E-state index in [0.29, 0.717) is 17.4 Å². The molecule has 0 heterocycles. The molecule has 20 heavy (non-hydrogen) atoms. The van der Waals surface area contributed by atoms with E-state index in [0.717, 1.165) is 18.8 Å². The van der Waals surface area contributed by atoms with E-state index in [1.54, 1.807) is 19.2 Å². The molecule has 2 N–H and O–H groups in total. The molecule has 1 saturated carbocycles. The van der Waals surface area contributed by atoms with E-state index in [1.165, 1.54) is 19.3 Å². The summed E-state index contributed by atoms with van der Waals surface area (Å²) < 4.78 is 0. The SMILES string of the molecule is CCC1CCCC(Nc2cccc(NC)c2[N+](=O)[O-])C1. The number of nitrogens with one attached hydrogen (secondary N) is 2. The summed E-state index contributed by atoms with van der Waals surface area (Å²) in [6.07, 6.45) is 5.88. The number of hydrogen-bond donors (Lipinski definition) is 2. The second-order valence-corrected chi connectivity index (χ2v) is 5.49. The number of nitro benzene ring substituents is 1. The number of rotatable bonds is 5. The van der Waals surface area contributed by atoms with E-state index in [9.17, 15) is 10.1 Å². The fraction of sp³-hybridized carbons (Fsp3) is 0.600. The fourth-order valence-corrected chi connectivity index (χ4v) is 3.07. The molecule has 0 aliphatic heterocycles. The van der Waals surface area contributed by atoms with E-state index in [2.05, 4.69) is 17.6 Å².